The maximum atomic E-state index is 12.0. The van der Waals surface area contributed by atoms with Gasteiger partial charge >= 0.3 is 5.97 Å². The predicted octanol–water partition coefficient (Wildman–Crippen LogP) is 4.22. The Kier molecular flexibility index (Phi) is 6.32. The predicted molar refractivity (Wildman–Crippen MR) is 101 cm³/mol. The molecule has 2 aromatic carbocycles. The molecule has 0 saturated carbocycles. The van der Waals surface area contributed by atoms with Gasteiger partial charge in [0.05, 0.1) is 18.2 Å². The molecule has 2 aromatic rings. The Morgan fingerprint density at radius 3 is 2.54 bits per heavy atom. The van der Waals surface area contributed by atoms with Crippen LogP contribution >= 0.6 is 12.2 Å². The number of esters is 1. The van der Waals surface area contributed by atoms with Gasteiger partial charge in [-0.15, -0.1) is 0 Å². The lowest BCUT2D eigenvalue weighted by atomic mass is 10.1. The lowest BCUT2D eigenvalue weighted by molar-refractivity contribution is 0.0525. The van der Waals surface area contributed by atoms with Crippen molar-refractivity contribution in [2.75, 3.05) is 11.9 Å². The summed E-state index contributed by atoms with van der Waals surface area (Å²) in [6.45, 7) is 6.06. The molecule has 0 amide bonds. The number of hydrogen-bond donors (Lipinski definition) is 2. The van der Waals surface area contributed by atoms with Crippen LogP contribution in [0.15, 0.2) is 48.5 Å². The highest BCUT2D eigenvalue weighted by atomic mass is 32.1. The molecule has 4 nitrogen and oxygen atoms in total. The monoisotopic (exact) mass is 342 g/mol. The fraction of sp³-hybridized carbons (Fsp3) is 0.263. The molecule has 1 atom stereocenters. The third-order valence-electron chi connectivity index (χ3n) is 3.72. The minimum atomic E-state index is -0.324. The van der Waals surface area contributed by atoms with Gasteiger partial charge in [-0.2, -0.15) is 0 Å². The molecule has 1 unspecified atom stereocenters. The Balaban J connectivity index is 2.06. The minimum Gasteiger partial charge on any atom is -0.462 e. The minimum absolute atomic E-state index is 0.0831. The van der Waals surface area contributed by atoms with Crippen molar-refractivity contribution in [1.29, 1.82) is 0 Å². The topological polar surface area (TPSA) is 50.4 Å². The van der Waals surface area contributed by atoms with Crippen LogP contribution in [0.4, 0.5) is 5.69 Å². The Labute approximate surface area is 148 Å². The van der Waals surface area contributed by atoms with E-state index in [9.17, 15) is 4.79 Å². The van der Waals surface area contributed by atoms with Crippen molar-refractivity contribution in [3.8, 4) is 0 Å². The molecular formula is C19H22N2O2S. The van der Waals surface area contributed by atoms with Crippen molar-refractivity contribution < 1.29 is 9.53 Å². The van der Waals surface area contributed by atoms with Crippen LogP contribution in [-0.2, 0) is 4.74 Å². The highest BCUT2D eigenvalue weighted by Gasteiger charge is 2.14. The van der Waals surface area contributed by atoms with Crippen molar-refractivity contribution in [1.82, 2.24) is 5.32 Å². The second-order valence-electron chi connectivity index (χ2n) is 5.43. The average molecular weight is 342 g/mol. The zero-order valence-electron chi connectivity index (χ0n) is 14.1. The lowest BCUT2D eigenvalue weighted by Crippen LogP contribution is -2.31. The van der Waals surface area contributed by atoms with Crippen LogP contribution in [0.25, 0.3) is 0 Å². The molecule has 0 heterocycles. The lowest BCUT2D eigenvalue weighted by Gasteiger charge is -2.19. The van der Waals surface area contributed by atoms with E-state index in [1.54, 1.807) is 13.0 Å². The Morgan fingerprint density at radius 2 is 1.88 bits per heavy atom. The molecule has 126 valence electrons. The van der Waals surface area contributed by atoms with E-state index in [2.05, 4.69) is 10.6 Å². The third kappa shape index (κ3) is 4.55. The summed E-state index contributed by atoms with van der Waals surface area (Å²) >= 11 is 5.39. The van der Waals surface area contributed by atoms with Gasteiger partial charge in [-0.3, -0.25) is 0 Å². The van der Waals surface area contributed by atoms with Crippen LogP contribution < -0.4 is 10.6 Å². The molecule has 0 bridgehead atoms. The number of anilines is 1. The number of carbonyl (C=O) groups is 1. The number of benzene rings is 2. The molecule has 0 saturated heterocycles. The van der Waals surface area contributed by atoms with Crippen LogP contribution in [0, 0.1) is 6.92 Å². The Bertz CT molecular complexity index is 717. The summed E-state index contributed by atoms with van der Waals surface area (Å²) in [4.78, 5) is 12.0. The van der Waals surface area contributed by atoms with E-state index in [4.69, 9.17) is 17.0 Å². The SMILES string of the molecule is CCOC(=O)c1cccc(NC(=S)NC(C)c2ccccc2)c1C. The maximum absolute atomic E-state index is 12.0. The maximum Gasteiger partial charge on any atom is 0.338 e. The molecule has 0 aliphatic carbocycles. The second-order valence-corrected chi connectivity index (χ2v) is 5.84. The third-order valence-corrected chi connectivity index (χ3v) is 3.94. The number of rotatable bonds is 5. The van der Waals surface area contributed by atoms with Crippen molar-refractivity contribution in [3.63, 3.8) is 0 Å². The van der Waals surface area contributed by atoms with Crippen molar-refractivity contribution in [2.45, 2.75) is 26.8 Å². The molecule has 0 radical (unpaired) electrons. The molecule has 0 spiro atoms. The standard InChI is InChI=1S/C19H22N2O2S/c1-4-23-18(22)16-11-8-12-17(13(16)2)21-19(24)20-14(3)15-9-6-5-7-10-15/h5-12,14H,4H2,1-3H3,(H2,20,21,24). The number of ether oxygens (including phenoxy) is 1. The first-order valence-electron chi connectivity index (χ1n) is 7.92. The summed E-state index contributed by atoms with van der Waals surface area (Å²) in [6.07, 6.45) is 0. The molecule has 0 aliphatic heterocycles. The van der Waals surface area contributed by atoms with Gasteiger partial charge in [0.25, 0.3) is 0 Å². The van der Waals surface area contributed by atoms with Crippen LogP contribution in [0.2, 0.25) is 0 Å². The molecular weight excluding hydrogens is 320 g/mol. The van der Waals surface area contributed by atoms with Crippen molar-refractivity contribution in [3.05, 3.63) is 65.2 Å². The van der Waals surface area contributed by atoms with E-state index >= 15 is 0 Å². The highest BCUT2D eigenvalue weighted by Crippen LogP contribution is 2.20. The van der Waals surface area contributed by atoms with E-state index < -0.39 is 0 Å². The quantitative estimate of drug-likeness (QED) is 0.629. The molecule has 2 rings (SSSR count). The molecule has 5 heteroatoms. The van der Waals surface area contributed by atoms with Crippen molar-refractivity contribution in [2.24, 2.45) is 0 Å². The van der Waals surface area contributed by atoms with E-state index in [-0.39, 0.29) is 12.0 Å². The first-order valence-corrected chi connectivity index (χ1v) is 8.33. The molecule has 2 N–H and O–H groups in total. The zero-order chi connectivity index (χ0) is 17.5. The van der Waals surface area contributed by atoms with E-state index in [1.807, 2.05) is 56.3 Å². The van der Waals surface area contributed by atoms with Gasteiger partial charge in [0, 0.05) is 5.69 Å². The summed E-state index contributed by atoms with van der Waals surface area (Å²) < 4.78 is 5.08. The van der Waals surface area contributed by atoms with Crippen LogP contribution in [0.3, 0.4) is 0 Å². The van der Waals surface area contributed by atoms with Gasteiger partial charge in [0.1, 0.15) is 0 Å². The number of thiocarbonyl (C=S) groups is 1. The largest absolute Gasteiger partial charge is 0.462 e. The number of carbonyl (C=O) groups excluding carboxylic acids is 1. The zero-order valence-corrected chi connectivity index (χ0v) is 14.9. The van der Waals surface area contributed by atoms with Crippen molar-refractivity contribution >= 4 is 29.0 Å². The first-order chi connectivity index (χ1) is 11.5. The fourth-order valence-electron chi connectivity index (χ4n) is 2.38. The normalized spacial score (nSPS) is 11.5. The summed E-state index contributed by atoms with van der Waals surface area (Å²) in [5.74, 6) is -0.324. The molecule has 0 aromatic heterocycles. The van der Waals surface area contributed by atoms with Gasteiger partial charge in [-0.1, -0.05) is 36.4 Å². The van der Waals surface area contributed by atoms with Gasteiger partial charge in [-0.25, -0.2) is 4.79 Å². The second kappa shape index (κ2) is 8.45. The number of nitrogens with one attached hydrogen (secondary N) is 2. The summed E-state index contributed by atoms with van der Waals surface area (Å²) in [5.41, 5.74) is 3.30. The smallest absolute Gasteiger partial charge is 0.338 e. The highest BCUT2D eigenvalue weighted by molar-refractivity contribution is 7.80. The molecule has 0 fully saturated rings. The molecule has 0 aliphatic rings. The summed E-state index contributed by atoms with van der Waals surface area (Å²) in [7, 11) is 0. The Hall–Kier alpha value is -2.40. The summed E-state index contributed by atoms with van der Waals surface area (Å²) in [6, 6.07) is 15.6. The van der Waals surface area contributed by atoms with Gasteiger partial charge in [0.2, 0.25) is 0 Å². The van der Waals surface area contributed by atoms with Gasteiger partial charge < -0.3 is 15.4 Å². The van der Waals surface area contributed by atoms with Crippen LogP contribution in [-0.4, -0.2) is 17.7 Å². The summed E-state index contributed by atoms with van der Waals surface area (Å²) in [5, 5.41) is 6.92. The Morgan fingerprint density at radius 1 is 1.17 bits per heavy atom. The van der Waals surface area contributed by atoms with Gasteiger partial charge in [0.15, 0.2) is 5.11 Å². The van der Waals surface area contributed by atoms with E-state index in [0.717, 1.165) is 16.8 Å². The average Bonchev–Trinajstić information content (AvgIpc) is 2.57. The molecule has 24 heavy (non-hydrogen) atoms. The van der Waals surface area contributed by atoms with Gasteiger partial charge in [-0.05, 0) is 56.2 Å². The van der Waals surface area contributed by atoms with E-state index in [0.29, 0.717) is 17.3 Å². The van der Waals surface area contributed by atoms with E-state index in [1.165, 1.54) is 0 Å². The fourth-order valence-corrected chi connectivity index (χ4v) is 2.67. The van der Waals surface area contributed by atoms with Crippen LogP contribution in [0.5, 0.6) is 0 Å². The first kappa shape index (κ1) is 17.9. The van der Waals surface area contributed by atoms with Crippen LogP contribution in [0.1, 0.15) is 41.4 Å². The number of hydrogen-bond acceptors (Lipinski definition) is 3.